The van der Waals surface area contributed by atoms with E-state index in [9.17, 15) is 14.4 Å². The Labute approximate surface area is 417 Å². The second kappa shape index (κ2) is 56.5. The van der Waals surface area contributed by atoms with Gasteiger partial charge in [0.05, 0.1) is 0 Å². The molecule has 0 aliphatic heterocycles. The van der Waals surface area contributed by atoms with Crippen LogP contribution in [0.3, 0.4) is 0 Å². The van der Waals surface area contributed by atoms with Crippen LogP contribution in [0.5, 0.6) is 0 Å². The Morgan fingerprint density at radius 1 is 0.299 bits per heavy atom. The molecule has 0 aromatic carbocycles. The summed E-state index contributed by atoms with van der Waals surface area (Å²) in [6.45, 7) is 6.66. The van der Waals surface area contributed by atoms with Crippen LogP contribution in [-0.2, 0) is 28.6 Å². The number of hydrogen-bond donors (Lipinski definition) is 0. The van der Waals surface area contributed by atoms with E-state index >= 15 is 0 Å². The maximum atomic E-state index is 12.8. The number of allylic oxidation sites excluding steroid dienone is 4. The summed E-state index contributed by atoms with van der Waals surface area (Å²) in [7, 11) is 0. The molecule has 6 nitrogen and oxygen atoms in total. The summed E-state index contributed by atoms with van der Waals surface area (Å²) in [6.07, 6.45) is 66.1. The summed E-state index contributed by atoms with van der Waals surface area (Å²) in [5.74, 6) is -0.848. The van der Waals surface area contributed by atoms with Crippen molar-refractivity contribution in [2.24, 2.45) is 0 Å². The first-order chi connectivity index (χ1) is 33.0. The van der Waals surface area contributed by atoms with Gasteiger partial charge in [-0.2, -0.15) is 0 Å². The maximum absolute atomic E-state index is 12.8. The number of rotatable bonds is 55. The topological polar surface area (TPSA) is 78.9 Å². The van der Waals surface area contributed by atoms with Gasteiger partial charge in [0.2, 0.25) is 0 Å². The van der Waals surface area contributed by atoms with Crippen LogP contribution in [-0.4, -0.2) is 37.2 Å². The third-order valence-electron chi connectivity index (χ3n) is 13.5. The molecule has 1 unspecified atom stereocenters. The third-order valence-corrected chi connectivity index (χ3v) is 13.5. The Morgan fingerprint density at radius 3 is 0.821 bits per heavy atom. The van der Waals surface area contributed by atoms with Gasteiger partial charge in [-0.1, -0.05) is 283 Å². The SMILES string of the molecule is CCCCCCC/C=C\C/C=C\CCCCCCCCCCCCCCCC(=O)OCC(COC(=O)CCCCCCCCCCC)OC(=O)CCCCCCCCCCCCCCCCC. The molecule has 0 aliphatic carbocycles. The quantitative estimate of drug-likeness (QED) is 0.0262. The lowest BCUT2D eigenvalue weighted by molar-refractivity contribution is -0.167. The molecule has 0 spiro atoms. The lowest BCUT2D eigenvalue weighted by Crippen LogP contribution is -2.30. The van der Waals surface area contributed by atoms with Crippen molar-refractivity contribution in [1.82, 2.24) is 0 Å². The van der Waals surface area contributed by atoms with Crippen molar-refractivity contribution >= 4 is 17.9 Å². The molecule has 0 aliphatic rings. The second-order valence-corrected chi connectivity index (χ2v) is 20.3. The molecule has 0 aromatic rings. The lowest BCUT2D eigenvalue weighted by atomic mass is 10.0. The van der Waals surface area contributed by atoms with Crippen molar-refractivity contribution in [3.8, 4) is 0 Å². The zero-order valence-electron chi connectivity index (χ0n) is 45.2. The van der Waals surface area contributed by atoms with Crippen LogP contribution in [0.4, 0.5) is 0 Å². The molecule has 0 radical (unpaired) electrons. The average Bonchev–Trinajstić information content (AvgIpc) is 3.33. The zero-order chi connectivity index (χ0) is 48.6. The van der Waals surface area contributed by atoms with Gasteiger partial charge in [0, 0.05) is 19.3 Å². The van der Waals surface area contributed by atoms with E-state index in [0.29, 0.717) is 19.3 Å². The van der Waals surface area contributed by atoms with Crippen LogP contribution < -0.4 is 0 Å². The Bertz CT molecular complexity index is 1080. The number of carbonyl (C=O) groups excluding carboxylic acids is 3. The molecule has 0 bridgehead atoms. The first kappa shape index (κ1) is 64.9. The van der Waals surface area contributed by atoms with E-state index in [4.69, 9.17) is 14.2 Å². The maximum Gasteiger partial charge on any atom is 0.306 e. The number of carbonyl (C=O) groups is 3. The van der Waals surface area contributed by atoms with E-state index < -0.39 is 6.10 Å². The van der Waals surface area contributed by atoms with E-state index in [0.717, 1.165) is 64.2 Å². The van der Waals surface area contributed by atoms with Crippen molar-refractivity contribution in [3.05, 3.63) is 24.3 Å². The fourth-order valence-electron chi connectivity index (χ4n) is 8.95. The van der Waals surface area contributed by atoms with Gasteiger partial charge in [-0.3, -0.25) is 14.4 Å². The average molecular weight is 944 g/mol. The summed E-state index contributed by atoms with van der Waals surface area (Å²) >= 11 is 0. The minimum atomic E-state index is -0.764. The van der Waals surface area contributed by atoms with Gasteiger partial charge >= 0.3 is 17.9 Å². The van der Waals surface area contributed by atoms with E-state index in [1.54, 1.807) is 0 Å². The second-order valence-electron chi connectivity index (χ2n) is 20.3. The number of ether oxygens (including phenoxy) is 3. The normalized spacial score (nSPS) is 12.1. The van der Waals surface area contributed by atoms with Crippen LogP contribution in [0.2, 0.25) is 0 Å². The first-order valence-electron chi connectivity index (χ1n) is 29.8. The monoisotopic (exact) mass is 943 g/mol. The molecule has 0 saturated carbocycles. The van der Waals surface area contributed by atoms with Gasteiger partial charge in [-0.15, -0.1) is 0 Å². The van der Waals surface area contributed by atoms with Crippen LogP contribution in [0, 0.1) is 0 Å². The molecule has 0 N–H and O–H groups in total. The predicted molar refractivity (Wildman–Crippen MR) is 289 cm³/mol. The summed E-state index contributed by atoms with van der Waals surface area (Å²) in [6, 6.07) is 0. The van der Waals surface area contributed by atoms with E-state index in [1.807, 2.05) is 0 Å². The predicted octanol–water partition coefficient (Wildman–Crippen LogP) is 19.9. The first-order valence-corrected chi connectivity index (χ1v) is 29.8. The summed E-state index contributed by atoms with van der Waals surface area (Å²) in [5.41, 5.74) is 0. The fourth-order valence-corrected chi connectivity index (χ4v) is 8.95. The number of unbranched alkanes of at least 4 members (excludes halogenated alkanes) is 40. The van der Waals surface area contributed by atoms with Crippen LogP contribution in [0.1, 0.15) is 329 Å². The Kier molecular flexibility index (Phi) is 54.7. The number of hydrogen-bond acceptors (Lipinski definition) is 6. The van der Waals surface area contributed by atoms with E-state index in [1.165, 1.54) is 225 Å². The van der Waals surface area contributed by atoms with Crippen molar-refractivity contribution in [2.45, 2.75) is 335 Å². The molecule has 0 fully saturated rings. The van der Waals surface area contributed by atoms with Crippen molar-refractivity contribution in [1.29, 1.82) is 0 Å². The molecular weight excluding hydrogens is 829 g/mol. The molecule has 0 saturated heterocycles. The lowest BCUT2D eigenvalue weighted by Gasteiger charge is -2.18. The van der Waals surface area contributed by atoms with Gasteiger partial charge in [0.25, 0.3) is 0 Å². The van der Waals surface area contributed by atoms with Crippen LogP contribution in [0.15, 0.2) is 24.3 Å². The van der Waals surface area contributed by atoms with E-state index in [2.05, 4.69) is 45.1 Å². The highest BCUT2D eigenvalue weighted by molar-refractivity contribution is 5.71. The van der Waals surface area contributed by atoms with Crippen molar-refractivity contribution in [3.63, 3.8) is 0 Å². The highest BCUT2D eigenvalue weighted by atomic mass is 16.6. The molecule has 0 aromatic heterocycles. The molecule has 0 amide bonds. The standard InChI is InChI=1S/C61H114O6/c1-4-7-10-13-16-19-21-23-25-26-27-28-29-30-31-32-33-34-36-37-39-42-45-48-51-54-60(63)66-57-58(56-65-59(62)53-50-47-44-41-18-15-12-9-6-3)67-61(64)55-52-49-46-43-40-38-35-24-22-20-17-14-11-8-5-2/h21,23,26-27,58H,4-20,22,24-25,28-57H2,1-3H3/b23-21-,27-26-. The Hall–Kier alpha value is -2.11. The molecule has 67 heavy (non-hydrogen) atoms. The van der Waals surface area contributed by atoms with Gasteiger partial charge < -0.3 is 14.2 Å². The molecular formula is C61H114O6. The highest BCUT2D eigenvalue weighted by Crippen LogP contribution is 2.17. The van der Waals surface area contributed by atoms with Gasteiger partial charge in [-0.05, 0) is 51.4 Å². The smallest absolute Gasteiger partial charge is 0.306 e. The Balaban J connectivity index is 4.15. The fraction of sp³-hybridized carbons (Fsp3) is 0.885. The van der Waals surface area contributed by atoms with Crippen LogP contribution in [0.25, 0.3) is 0 Å². The third kappa shape index (κ3) is 54.7. The van der Waals surface area contributed by atoms with Crippen molar-refractivity contribution < 1.29 is 28.6 Å². The minimum Gasteiger partial charge on any atom is -0.462 e. The largest absolute Gasteiger partial charge is 0.462 e. The molecule has 0 heterocycles. The Morgan fingerprint density at radius 2 is 0.537 bits per heavy atom. The molecule has 0 rings (SSSR count). The van der Waals surface area contributed by atoms with Gasteiger partial charge in [0.15, 0.2) is 6.10 Å². The van der Waals surface area contributed by atoms with E-state index in [-0.39, 0.29) is 31.1 Å². The summed E-state index contributed by atoms with van der Waals surface area (Å²) in [4.78, 5) is 38.0. The van der Waals surface area contributed by atoms with Gasteiger partial charge in [0.1, 0.15) is 13.2 Å². The highest BCUT2D eigenvalue weighted by Gasteiger charge is 2.19. The number of esters is 3. The molecule has 394 valence electrons. The zero-order valence-corrected chi connectivity index (χ0v) is 45.2. The van der Waals surface area contributed by atoms with Gasteiger partial charge in [-0.25, -0.2) is 0 Å². The summed E-state index contributed by atoms with van der Waals surface area (Å²) in [5, 5.41) is 0. The molecule has 6 heteroatoms. The minimum absolute atomic E-state index is 0.0657. The van der Waals surface area contributed by atoms with Crippen LogP contribution >= 0.6 is 0 Å². The van der Waals surface area contributed by atoms with Crippen molar-refractivity contribution in [2.75, 3.05) is 13.2 Å². The molecule has 1 atom stereocenters. The summed E-state index contributed by atoms with van der Waals surface area (Å²) < 4.78 is 16.8.